The molecule has 0 bridgehead atoms. The van der Waals surface area contributed by atoms with E-state index in [9.17, 15) is 4.79 Å². The maximum atomic E-state index is 12.1. The fraction of sp³-hybridized carbons (Fsp3) is 0.0667. The van der Waals surface area contributed by atoms with Crippen LogP contribution in [0.15, 0.2) is 42.5 Å². The number of ether oxygens (including phenoxy) is 1. The van der Waals surface area contributed by atoms with Crippen molar-refractivity contribution in [1.82, 2.24) is 0 Å². The van der Waals surface area contributed by atoms with Crippen molar-refractivity contribution in [2.75, 3.05) is 12.4 Å². The number of carbonyl (C=O) groups excluding carboxylic acids is 1. The summed E-state index contributed by atoms with van der Waals surface area (Å²) in [5.74, 6) is 0.257. The van der Waals surface area contributed by atoms with E-state index in [0.717, 1.165) is 0 Å². The summed E-state index contributed by atoms with van der Waals surface area (Å²) >= 11 is 6.02. The summed E-state index contributed by atoms with van der Waals surface area (Å²) in [6, 6.07) is 13.4. The van der Waals surface area contributed by atoms with E-state index in [1.54, 1.807) is 36.4 Å². The van der Waals surface area contributed by atoms with Gasteiger partial charge in [-0.2, -0.15) is 5.26 Å². The van der Waals surface area contributed by atoms with Gasteiger partial charge < -0.3 is 10.1 Å². The lowest BCUT2D eigenvalue weighted by atomic mass is 10.1. The molecule has 20 heavy (non-hydrogen) atoms. The van der Waals surface area contributed by atoms with E-state index in [1.165, 1.54) is 13.2 Å². The summed E-state index contributed by atoms with van der Waals surface area (Å²) in [6.45, 7) is 0. The SMILES string of the molecule is COc1ccc(Cl)c(NC(=O)c2cccc(C#N)c2)c1. The second-order valence-corrected chi connectivity index (χ2v) is 4.40. The number of hydrogen-bond acceptors (Lipinski definition) is 3. The number of nitrogens with one attached hydrogen (secondary N) is 1. The van der Waals surface area contributed by atoms with Crippen LogP contribution in [0.5, 0.6) is 5.75 Å². The summed E-state index contributed by atoms with van der Waals surface area (Å²) in [6.07, 6.45) is 0. The molecule has 0 aliphatic carbocycles. The fourth-order valence-corrected chi connectivity index (χ4v) is 1.82. The Bertz CT molecular complexity index is 693. The van der Waals surface area contributed by atoms with Crippen molar-refractivity contribution >= 4 is 23.2 Å². The molecule has 1 amide bonds. The third-order valence-electron chi connectivity index (χ3n) is 2.68. The molecule has 0 aliphatic rings. The highest BCUT2D eigenvalue weighted by Gasteiger charge is 2.10. The van der Waals surface area contributed by atoms with Crippen molar-refractivity contribution in [1.29, 1.82) is 5.26 Å². The van der Waals surface area contributed by atoms with Gasteiger partial charge in [0.25, 0.3) is 5.91 Å². The van der Waals surface area contributed by atoms with Crippen molar-refractivity contribution in [3.63, 3.8) is 0 Å². The minimum Gasteiger partial charge on any atom is -0.497 e. The molecule has 5 heteroatoms. The zero-order valence-corrected chi connectivity index (χ0v) is 11.4. The zero-order chi connectivity index (χ0) is 14.5. The van der Waals surface area contributed by atoms with Gasteiger partial charge in [0.2, 0.25) is 0 Å². The zero-order valence-electron chi connectivity index (χ0n) is 10.7. The second kappa shape index (κ2) is 6.09. The molecule has 0 atom stereocenters. The van der Waals surface area contributed by atoms with Crippen molar-refractivity contribution < 1.29 is 9.53 Å². The number of carbonyl (C=O) groups is 1. The Morgan fingerprint density at radius 2 is 2.10 bits per heavy atom. The van der Waals surface area contributed by atoms with Crippen LogP contribution in [0, 0.1) is 11.3 Å². The van der Waals surface area contributed by atoms with Gasteiger partial charge in [0.1, 0.15) is 5.75 Å². The van der Waals surface area contributed by atoms with Crippen LogP contribution in [0.2, 0.25) is 5.02 Å². The predicted molar refractivity (Wildman–Crippen MR) is 77.1 cm³/mol. The lowest BCUT2D eigenvalue weighted by molar-refractivity contribution is 0.102. The largest absolute Gasteiger partial charge is 0.497 e. The van der Waals surface area contributed by atoms with E-state index in [-0.39, 0.29) is 5.91 Å². The van der Waals surface area contributed by atoms with E-state index in [2.05, 4.69) is 5.32 Å². The van der Waals surface area contributed by atoms with Gasteiger partial charge in [0.15, 0.2) is 0 Å². The molecule has 0 radical (unpaired) electrons. The minimum absolute atomic E-state index is 0.336. The average molecular weight is 287 g/mol. The monoisotopic (exact) mass is 286 g/mol. The molecule has 0 aliphatic heterocycles. The van der Waals surface area contributed by atoms with E-state index in [0.29, 0.717) is 27.6 Å². The van der Waals surface area contributed by atoms with E-state index < -0.39 is 0 Å². The summed E-state index contributed by atoms with van der Waals surface area (Å²) < 4.78 is 5.08. The topological polar surface area (TPSA) is 62.1 Å². The molecule has 2 rings (SSSR count). The maximum absolute atomic E-state index is 12.1. The summed E-state index contributed by atoms with van der Waals surface area (Å²) in [7, 11) is 1.53. The fourth-order valence-electron chi connectivity index (χ4n) is 1.65. The normalized spacial score (nSPS) is 9.65. The molecule has 0 aromatic heterocycles. The third-order valence-corrected chi connectivity index (χ3v) is 3.01. The highest BCUT2D eigenvalue weighted by Crippen LogP contribution is 2.27. The Hall–Kier alpha value is -2.51. The Kier molecular flexibility index (Phi) is 4.24. The van der Waals surface area contributed by atoms with Gasteiger partial charge in [-0.15, -0.1) is 0 Å². The lowest BCUT2D eigenvalue weighted by Gasteiger charge is -2.09. The molecule has 2 aromatic rings. The predicted octanol–water partition coefficient (Wildman–Crippen LogP) is 3.47. The van der Waals surface area contributed by atoms with E-state index in [1.807, 2.05) is 6.07 Å². The number of amides is 1. The molecular formula is C15H11ClN2O2. The molecule has 2 aromatic carbocycles. The molecule has 4 nitrogen and oxygen atoms in total. The number of hydrogen-bond donors (Lipinski definition) is 1. The van der Waals surface area contributed by atoms with Crippen LogP contribution in [0.25, 0.3) is 0 Å². The van der Waals surface area contributed by atoms with Gasteiger partial charge in [-0.05, 0) is 30.3 Å². The Labute approximate surface area is 121 Å². The number of methoxy groups -OCH3 is 1. The first kappa shape index (κ1) is 13.9. The first-order valence-electron chi connectivity index (χ1n) is 5.79. The van der Waals surface area contributed by atoms with Gasteiger partial charge in [-0.3, -0.25) is 4.79 Å². The van der Waals surface area contributed by atoms with Crippen LogP contribution in [0.3, 0.4) is 0 Å². The number of rotatable bonds is 3. The summed E-state index contributed by atoms with van der Waals surface area (Å²) in [5.41, 5.74) is 1.27. The van der Waals surface area contributed by atoms with Crippen LogP contribution in [-0.4, -0.2) is 13.0 Å². The van der Waals surface area contributed by atoms with Crippen LogP contribution >= 0.6 is 11.6 Å². The Balaban J connectivity index is 2.25. The number of halogens is 1. The van der Waals surface area contributed by atoms with Gasteiger partial charge in [-0.1, -0.05) is 17.7 Å². The van der Waals surface area contributed by atoms with Gasteiger partial charge >= 0.3 is 0 Å². The Morgan fingerprint density at radius 1 is 1.30 bits per heavy atom. The highest BCUT2D eigenvalue weighted by molar-refractivity contribution is 6.34. The molecule has 0 unspecified atom stereocenters. The van der Waals surface area contributed by atoms with Gasteiger partial charge in [0, 0.05) is 11.6 Å². The number of nitriles is 1. The maximum Gasteiger partial charge on any atom is 0.255 e. The van der Waals surface area contributed by atoms with Crippen molar-refractivity contribution in [2.45, 2.75) is 0 Å². The molecule has 100 valence electrons. The van der Waals surface area contributed by atoms with Gasteiger partial charge in [0.05, 0.1) is 29.5 Å². The average Bonchev–Trinajstić information content (AvgIpc) is 2.49. The number of anilines is 1. The van der Waals surface area contributed by atoms with Crippen LogP contribution < -0.4 is 10.1 Å². The molecule has 0 heterocycles. The molecule has 0 saturated carbocycles. The summed E-state index contributed by atoms with van der Waals surface area (Å²) in [5, 5.41) is 11.9. The van der Waals surface area contributed by atoms with E-state index >= 15 is 0 Å². The van der Waals surface area contributed by atoms with E-state index in [4.69, 9.17) is 21.6 Å². The molecule has 1 N–H and O–H groups in total. The highest BCUT2D eigenvalue weighted by atomic mass is 35.5. The van der Waals surface area contributed by atoms with Gasteiger partial charge in [-0.25, -0.2) is 0 Å². The number of benzene rings is 2. The lowest BCUT2D eigenvalue weighted by Crippen LogP contribution is -2.12. The Morgan fingerprint density at radius 3 is 2.80 bits per heavy atom. The molecule has 0 saturated heterocycles. The summed E-state index contributed by atoms with van der Waals surface area (Å²) in [4.78, 5) is 12.1. The number of nitrogens with zero attached hydrogens (tertiary/aromatic N) is 1. The second-order valence-electron chi connectivity index (χ2n) is 3.99. The van der Waals surface area contributed by atoms with Crippen LogP contribution in [0.1, 0.15) is 15.9 Å². The molecule has 0 fully saturated rings. The minimum atomic E-state index is -0.336. The molecular weight excluding hydrogens is 276 g/mol. The molecule has 0 spiro atoms. The first-order valence-corrected chi connectivity index (χ1v) is 6.17. The van der Waals surface area contributed by atoms with Crippen molar-refractivity contribution in [3.8, 4) is 11.8 Å². The third kappa shape index (κ3) is 3.08. The standard InChI is InChI=1S/C15H11ClN2O2/c1-20-12-5-6-13(16)14(8-12)18-15(19)11-4-2-3-10(7-11)9-17/h2-8H,1H3,(H,18,19). The van der Waals surface area contributed by atoms with Crippen molar-refractivity contribution in [3.05, 3.63) is 58.6 Å². The quantitative estimate of drug-likeness (QED) is 0.939. The first-order chi connectivity index (χ1) is 9.63. The van der Waals surface area contributed by atoms with Crippen LogP contribution in [-0.2, 0) is 0 Å². The van der Waals surface area contributed by atoms with Crippen LogP contribution in [0.4, 0.5) is 5.69 Å². The smallest absolute Gasteiger partial charge is 0.255 e. The van der Waals surface area contributed by atoms with Crippen molar-refractivity contribution in [2.24, 2.45) is 0 Å².